The quantitative estimate of drug-likeness (QED) is 0.428. The smallest absolute Gasteiger partial charge is 0.00565 e. The van der Waals surface area contributed by atoms with Crippen molar-refractivity contribution in [2.45, 2.75) is 12.8 Å². The van der Waals surface area contributed by atoms with Crippen molar-refractivity contribution in [2.75, 3.05) is 0 Å². The van der Waals surface area contributed by atoms with E-state index in [-0.39, 0.29) is 0 Å². The van der Waals surface area contributed by atoms with E-state index < -0.39 is 0 Å². The first kappa shape index (κ1) is 4.63. The van der Waals surface area contributed by atoms with Gasteiger partial charge in [0.15, 0.2) is 0 Å². The second-order valence-electron chi connectivity index (χ2n) is 1.71. The van der Waals surface area contributed by atoms with E-state index in [0.29, 0.717) is 0 Å². The maximum atomic E-state index is 5.44. The summed E-state index contributed by atoms with van der Waals surface area (Å²) in [6, 6.07) is 0. The average Bonchev–Trinajstić information content (AvgIpc) is 1.69. The Morgan fingerprint density at radius 1 is 1.57 bits per heavy atom. The number of rotatable bonds is 0. The van der Waals surface area contributed by atoms with Crippen molar-refractivity contribution in [3.05, 3.63) is 30.7 Å². The zero-order valence-corrected chi connectivity index (χ0v) is 4.22. The summed E-state index contributed by atoms with van der Waals surface area (Å²) in [5.41, 5.74) is 1.00. The van der Waals surface area contributed by atoms with Crippen molar-refractivity contribution in [2.24, 2.45) is 0 Å². The molecule has 7 heavy (non-hydrogen) atoms. The second-order valence-corrected chi connectivity index (χ2v) is 1.71. The molecule has 36 valence electrons. The topological polar surface area (TPSA) is 0 Å². The predicted molar refractivity (Wildman–Crippen MR) is 30.8 cm³/mol. The van der Waals surface area contributed by atoms with Crippen LogP contribution < -0.4 is 0 Å². The van der Waals surface area contributed by atoms with Crippen LogP contribution >= 0.6 is 0 Å². The summed E-state index contributed by atoms with van der Waals surface area (Å²) in [5.74, 6) is 0. The van der Waals surface area contributed by atoms with E-state index >= 15 is 0 Å². The van der Waals surface area contributed by atoms with Gasteiger partial charge in [0.1, 0.15) is 0 Å². The van der Waals surface area contributed by atoms with Crippen molar-refractivity contribution in [1.82, 2.24) is 0 Å². The van der Waals surface area contributed by atoms with Gasteiger partial charge in [0.2, 0.25) is 0 Å². The molecule has 0 aromatic rings. The van der Waals surface area contributed by atoms with Gasteiger partial charge in [-0.15, -0.1) is 0 Å². The van der Waals surface area contributed by atoms with E-state index in [9.17, 15) is 0 Å². The molecule has 0 unspecified atom stereocenters. The zero-order chi connectivity index (χ0) is 5.11. The molecule has 0 amide bonds. The fourth-order valence-electron chi connectivity index (χ4n) is 0.621. The van der Waals surface area contributed by atoms with Gasteiger partial charge in [-0.1, -0.05) is 23.8 Å². The standard InChI is InChI=1S/C7H8/c1-7-5-3-2-4-6-7/h1-3,5H,4,6H2. The average molecular weight is 92.1 g/mol. The van der Waals surface area contributed by atoms with Gasteiger partial charge in [0.25, 0.3) is 0 Å². The molecule has 0 aromatic carbocycles. The molecule has 0 aromatic heterocycles. The highest BCUT2D eigenvalue weighted by Gasteiger charge is 1.88. The summed E-state index contributed by atoms with van der Waals surface area (Å²) >= 11 is 0. The van der Waals surface area contributed by atoms with E-state index in [0.717, 1.165) is 18.4 Å². The minimum Gasteiger partial charge on any atom is -0.0842 e. The number of allylic oxidation sites excluding steroid dienone is 4. The molecular formula is C7H8. The van der Waals surface area contributed by atoms with Gasteiger partial charge in [0, 0.05) is 0 Å². The lowest BCUT2D eigenvalue weighted by atomic mass is 10.1. The molecule has 0 heteroatoms. The SMILES string of the molecule is [CH]C1=CC=CCC1. The predicted octanol–water partition coefficient (Wildman–Crippen LogP) is 1.97. The molecule has 0 spiro atoms. The second kappa shape index (κ2) is 1.97. The van der Waals surface area contributed by atoms with Crippen LogP contribution in [0.4, 0.5) is 0 Å². The molecule has 0 heterocycles. The summed E-state index contributed by atoms with van der Waals surface area (Å²) in [4.78, 5) is 0. The highest BCUT2D eigenvalue weighted by atomic mass is 13.9. The molecule has 0 fully saturated rings. The summed E-state index contributed by atoms with van der Waals surface area (Å²) in [6.07, 6.45) is 8.22. The lowest BCUT2D eigenvalue weighted by Gasteiger charge is -1.98. The van der Waals surface area contributed by atoms with Gasteiger partial charge in [-0.05, 0) is 19.8 Å². The normalized spacial score (nSPS) is 19.3. The largest absolute Gasteiger partial charge is 0.0842 e. The third kappa shape index (κ3) is 1.19. The van der Waals surface area contributed by atoms with Gasteiger partial charge >= 0.3 is 0 Å². The highest BCUT2D eigenvalue weighted by molar-refractivity contribution is 5.19. The Labute approximate surface area is 44.5 Å². The minimum absolute atomic E-state index is 1.00. The third-order valence-corrected chi connectivity index (χ3v) is 1.05. The van der Waals surface area contributed by atoms with Crippen LogP contribution in [0.25, 0.3) is 0 Å². The summed E-state index contributed by atoms with van der Waals surface area (Å²) in [7, 11) is 0. The summed E-state index contributed by atoms with van der Waals surface area (Å²) in [5, 5.41) is 0. The van der Waals surface area contributed by atoms with Crippen LogP contribution in [-0.2, 0) is 0 Å². The van der Waals surface area contributed by atoms with Crippen LogP contribution in [0.1, 0.15) is 12.8 Å². The van der Waals surface area contributed by atoms with E-state index in [1.807, 2.05) is 12.2 Å². The lowest BCUT2D eigenvalue weighted by Crippen LogP contribution is -1.78. The lowest BCUT2D eigenvalue weighted by molar-refractivity contribution is 0.990. The first-order valence-electron chi connectivity index (χ1n) is 2.51. The number of hydrogen-bond acceptors (Lipinski definition) is 0. The fraction of sp³-hybridized carbons (Fsp3) is 0.286. The molecule has 1 aliphatic rings. The summed E-state index contributed by atoms with van der Waals surface area (Å²) < 4.78 is 0. The van der Waals surface area contributed by atoms with Gasteiger partial charge < -0.3 is 0 Å². The first-order valence-corrected chi connectivity index (χ1v) is 2.51. The molecular weight excluding hydrogens is 84.1 g/mol. The molecule has 0 saturated heterocycles. The van der Waals surface area contributed by atoms with Crippen LogP contribution in [0.5, 0.6) is 0 Å². The van der Waals surface area contributed by atoms with Gasteiger partial charge in [-0.3, -0.25) is 0 Å². The third-order valence-electron chi connectivity index (χ3n) is 1.05. The van der Waals surface area contributed by atoms with Crippen LogP contribution in [0.15, 0.2) is 23.8 Å². The molecule has 0 atom stereocenters. The fourth-order valence-corrected chi connectivity index (χ4v) is 0.621. The Morgan fingerprint density at radius 2 is 2.43 bits per heavy atom. The maximum absolute atomic E-state index is 5.44. The molecule has 1 rings (SSSR count). The molecule has 0 aliphatic heterocycles. The molecule has 0 N–H and O–H groups in total. The monoisotopic (exact) mass is 92.1 g/mol. The Kier molecular flexibility index (Phi) is 1.30. The van der Waals surface area contributed by atoms with E-state index in [4.69, 9.17) is 6.92 Å². The van der Waals surface area contributed by atoms with Crippen LogP contribution in [-0.4, -0.2) is 0 Å². The van der Waals surface area contributed by atoms with Gasteiger partial charge in [0.05, 0.1) is 0 Å². The van der Waals surface area contributed by atoms with Crippen LogP contribution in [0.2, 0.25) is 0 Å². The van der Waals surface area contributed by atoms with Crippen molar-refractivity contribution in [3.63, 3.8) is 0 Å². The Hall–Kier alpha value is -0.520. The van der Waals surface area contributed by atoms with E-state index in [1.165, 1.54) is 0 Å². The molecule has 1 aliphatic carbocycles. The van der Waals surface area contributed by atoms with Crippen molar-refractivity contribution < 1.29 is 0 Å². The Morgan fingerprint density at radius 3 is 2.71 bits per heavy atom. The minimum atomic E-state index is 1.00. The molecule has 0 saturated carbocycles. The van der Waals surface area contributed by atoms with Crippen molar-refractivity contribution in [3.8, 4) is 0 Å². The summed E-state index contributed by atoms with van der Waals surface area (Å²) in [6.45, 7) is 5.44. The van der Waals surface area contributed by atoms with Crippen LogP contribution in [0.3, 0.4) is 0 Å². The first-order chi connectivity index (χ1) is 3.39. The van der Waals surface area contributed by atoms with E-state index in [2.05, 4.69) is 6.08 Å². The molecule has 0 bridgehead atoms. The van der Waals surface area contributed by atoms with Gasteiger partial charge in [-0.2, -0.15) is 0 Å². The van der Waals surface area contributed by atoms with Gasteiger partial charge in [-0.25, -0.2) is 0 Å². The van der Waals surface area contributed by atoms with Crippen molar-refractivity contribution in [1.29, 1.82) is 0 Å². The molecule has 2 radical (unpaired) electrons. The Bertz CT molecular complexity index is 107. The Balaban J connectivity index is 2.57. The van der Waals surface area contributed by atoms with E-state index in [1.54, 1.807) is 0 Å². The zero-order valence-electron chi connectivity index (χ0n) is 4.22. The maximum Gasteiger partial charge on any atom is -0.00565 e. The highest BCUT2D eigenvalue weighted by Crippen LogP contribution is 2.08. The van der Waals surface area contributed by atoms with Crippen molar-refractivity contribution >= 4 is 0 Å². The molecule has 0 nitrogen and oxygen atoms in total. The van der Waals surface area contributed by atoms with Crippen LogP contribution in [0, 0.1) is 6.92 Å². The number of hydrogen-bond donors (Lipinski definition) is 0.